The van der Waals surface area contributed by atoms with Crippen LogP contribution in [0, 0.1) is 5.92 Å². The molecule has 12 nitrogen and oxygen atoms in total. The Hall–Kier alpha value is -5.30. The summed E-state index contributed by atoms with van der Waals surface area (Å²) >= 11 is 0. The van der Waals surface area contributed by atoms with Crippen molar-refractivity contribution in [3.05, 3.63) is 84.1 Å². The number of nitrogens with one attached hydrogen (secondary N) is 2. The normalized spacial score (nSPS) is 14.8. The molecule has 4 aromatic rings. The average molecular weight is 814 g/mol. The monoisotopic (exact) mass is 813 g/mol. The van der Waals surface area contributed by atoms with Crippen LogP contribution in [0.5, 0.6) is 11.5 Å². The number of benzene rings is 3. The smallest absolute Gasteiger partial charge is 0.490 e. The second-order valence-electron chi connectivity index (χ2n) is 12.9. The number of alkyl halides is 6. The van der Waals surface area contributed by atoms with Crippen molar-refractivity contribution < 1.29 is 58.9 Å². The Kier molecular flexibility index (Phi) is 14.0. The van der Waals surface area contributed by atoms with Crippen molar-refractivity contribution in [3.8, 4) is 11.5 Å². The van der Waals surface area contributed by atoms with Crippen LogP contribution in [-0.2, 0) is 26.2 Å². The molecule has 1 unspecified atom stereocenters. The summed E-state index contributed by atoms with van der Waals surface area (Å²) in [6.45, 7) is 5.35. The molecular formula is C37H41F6N5O7S. The van der Waals surface area contributed by atoms with Crippen molar-refractivity contribution in [2.75, 3.05) is 30.7 Å². The number of halogens is 6. The van der Waals surface area contributed by atoms with E-state index in [1.165, 1.54) is 6.07 Å². The van der Waals surface area contributed by atoms with E-state index in [2.05, 4.69) is 15.6 Å². The van der Waals surface area contributed by atoms with Crippen molar-refractivity contribution in [2.45, 2.75) is 69.6 Å². The molecule has 1 aromatic heterocycles. The van der Waals surface area contributed by atoms with E-state index in [-0.39, 0.29) is 43.5 Å². The van der Waals surface area contributed by atoms with Crippen LogP contribution >= 0.6 is 0 Å². The van der Waals surface area contributed by atoms with Gasteiger partial charge in [-0.2, -0.15) is 30.6 Å². The number of sulfonamides is 1. The summed E-state index contributed by atoms with van der Waals surface area (Å²) in [7, 11) is -4.13. The number of aliphatic carboxylic acids is 1. The van der Waals surface area contributed by atoms with Gasteiger partial charge in [0.1, 0.15) is 11.9 Å². The molecule has 1 atom stereocenters. The van der Waals surface area contributed by atoms with Gasteiger partial charge in [0, 0.05) is 36.9 Å². The highest BCUT2D eigenvalue weighted by Crippen LogP contribution is 2.37. The van der Waals surface area contributed by atoms with E-state index in [0.717, 1.165) is 15.1 Å². The van der Waals surface area contributed by atoms with Crippen LogP contribution in [0.15, 0.2) is 77.8 Å². The van der Waals surface area contributed by atoms with Gasteiger partial charge in [0.2, 0.25) is 15.9 Å². The third-order valence-electron chi connectivity index (χ3n) is 8.53. The van der Waals surface area contributed by atoms with Gasteiger partial charge in [-0.1, -0.05) is 24.3 Å². The molecule has 0 aliphatic carbocycles. The third-order valence-corrected chi connectivity index (χ3v) is 10.5. The quantitative estimate of drug-likeness (QED) is 0.108. The lowest BCUT2D eigenvalue weighted by molar-refractivity contribution is -0.192. The van der Waals surface area contributed by atoms with Gasteiger partial charge in [-0.15, -0.1) is 0 Å². The van der Waals surface area contributed by atoms with Gasteiger partial charge in [0.15, 0.2) is 11.5 Å². The minimum Gasteiger partial charge on any atom is -0.490 e. The number of pyridine rings is 1. The highest BCUT2D eigenvalue weighted by atomic mass is 32.2. The number of ether oxygens (including phenoxy) is 2. The average Bonchev–Trinajstić information content (AvgIpc) is 3.13. The largest absolute Gasteiger partial charge is 0.490 e. The molecule has 5 N–H and O–H groups in total. The van der Waals surface area contributed by atoms with Gasteiger partial charge in [0.05, 0.1) is 23.5 Å². The van der Waals surface area contributed by atoms with E-state index in [9.17, 15) is 39.6 Å². The Labute approximate surface area is 319 Å². The van der Waals surface area contributed by atoms with Crippen LogP contribution in [0.3, 0.4) is 0 Å². The molecule has 0 spiro atoms. The predicted molar refractivity (Wildman–Crippen MR) is 195 cm³/mol. The highest BCUT2D eigenvalue weighted by Gasteiger charge is 2.43. The first-order chi connectivity index (χ1) is 26.2. The first-order valence-corrected chi connectivity index (χ1v) is 18.7. The molecule has 1 fully saturated rings. The maximum atomic E-state index is 14.0. The molecule has 1 aliphatic heterocycles. The summed E-state index contributed by atoms with van der Waals surface area (Å²) in [4.78, 5) is 27.0. The number of carbonyl (C=O) groups is 2. The van der Waals surface area contributed by atoms with Crippen molar-refractivity contribution in [1.29, 1.82) is 0 Å². The van der Waals surface area contributed by atoms with Crippen LogP contribution in [0.4, 0.5) is 37.8 Å². The van der Waals surface area contributed by atoms with E-state index >= 15 is 0 Å². The molecule has 5 rings (SSSR count). The van der Waals surface area contributed by atoms with Gasteiger partial charge >= 0.3 is 18.3 Å². The number of nitrogens with two attached hydrogens (primary N) is 1. The second-order valence-corrected chi connectivity index (χ2v) is 14.8. The lowest BCUT2D eigenvalue weighted by Gasteiger charge is -2.32. The minimum atomic E-state index is -5.08. The third kappa shape index (κ3) is 11.1. The Morgan fingerprint density at radius 3 is 2.25 bits per heavy atom. The van der Waals surface area contributed by atoms with Crippen LogP contribution in [0.1, 0.15) is 50.8 Å². The number of hydrogen-bond donors (Lipinski definition) is 4. The van der Waals surface area contributed by atoms with E-state index in [4.69, 9.17) is 25.1 Å². The number of hydrogen-bond acceptors (Lipinski definition) is 9. The molecule has 3 aromatic carbocycles. The predicted octanol–water partition coefficient (Wildman–Crippen LogP) is 7.07. The van der Waals surface area contributed by atoms with E-state index < -0.39 is 46.2 Å². The van der Waals surface area contributed by atoms with Crippen LogP contribution < -0.4 is 25.8 Å². The Balaban J connectivity index is 0.000000908. The fourth-order valence-corrected chi connectivity index (χ4v) is 7.52. The number of carboxylic acid groups (broad SMARTS) is 1. The Morgan fingerprint density at radius 1 is 0.982 bits per heavy atom. The Bertz CT molecular complexity index is 2110. The lowest BCUT2D eigenvalue weighted by Crippen LogP contribution is -2.42. The van der Waals surface area contributed by atoms with Crippen molar-refractivity contribution in [3.63, 3.8) is 0 Å². The Morgan fingerprint density at radius 2 is 1.64 bits per heavy atom. The van der Waals surface area contributed by atoms with Gasteiger partial charge in [-0.25, -0.2) is 18.2 Å². The number of piperidine rings is 1. The fourth-order valence-electron chi connectivity index (χ4n) is 5.83. The summed E-state index contributed by atoms with van der Waals surface area (Å²) < 4.78 is 112. The fraction of sp³-hybridized carbons (Fsp3) is 0.378. The number of fused-ring (bicyclic) bond motifs is 1. The number of aromatic nitrogens is 1. The lowest BCUT2D eigenvalue weighted by atomic mass is 9.98. The molecular weight excluding hydrogens is 772 g/mol. The molecule has 19 heteroatoms. The summed E-state index contributed by atoms with van der Waals surface area (Å²) in [5.74, 6) is -3.41. The SMILES string of the molecule is CCOc1cc(C(Nc2ccc3c(N)nccc3c2)C(=O)NCc2ccccc2S(=O)(=O)N2CCC(C(F)(F)F)CC2)ccc1OC(C)C.O=C(O)C(F)(F)F. The summed E-state index contributed by atoms with van der Waals surface area (Å²) in [6.07, 6.45) is -8.59. The van der Waals surface area contributed by atoms with Crippen molar-refractivity contribution in [2.24, 2.45) is 5.92 Å². The van der Waals surface area contributed by atoms with Crippen LogP contribution in [-0.4, -0.2) is 72.8 Å². The number of carbonyl (C=O) groups excluding carboxylic acids is 1. The van der Waals surface area contributed by atoms with E-state index in [1.807, 2.05) is 26.8 Å². The van der Waals surface area contributed by atoms with Gasteiger partial charge < -0.3 is 30.9 Å². The molecule has 1 saturated heterocycles. The molecule has 2 heterocycles. The van der Waals surface area contributed by atoms with Gasteiger partial charge in [-0.3, -0.25) is 4.79 Å². The standard InChI is InChI=1S/C35H40F3N5O5S.C2HF3O2/c1-4-47-30-20-24(9-12-29(30)48-22(2)3)32(42-27-10-11-28-23(19-27)13-16-40-33(28)39)34(44)41-21-25-7-5-6-8-31(25)49(45,46)43-17-14-26(15-18-43)35(36,37)38;3-2(4,5)1(6)7/h5-13,16,19-20,22,26,32,42H,4,14-15,17-18,21H2,1-3H3,(H2,39,40)(H,41,44);(H,6,7). The molecule has 304 valence electrons. The molecule has 1 amide bonds. The zero-order valence-electron chi connectivity index (χ0n) is 30.4. The number of amides is 1. The zero-order valence-corrected chi connectivity index (χ0v) is 31.3. The van der Waals surface area contributed by atoms with Crippen LogP contribution in [0.25, 0.3) is 10.8 Å². The molecule has 56 heavy (non-hydrogen) atoms. The van der Waals surface area contributed by atoms with Crippen molar-refractivity contribution >= 4 is 44.2 Å². The first-order valence-electron chi connectivity index (χ1n) is 17.3. The number of nitrogens with zero attached hydrogens (tertiary/aromatic N) is 2. The van der Waals surface area contributed by atoms with E-state index in [1.54, 1.807) is 60.8 Å². The molecule has 1 aliphatic rings. The zero-order chi connectivity index (χ0) is 41.4. The number of carboxylic acids is 1. The summed E-state index contributed by atoms with van der Waals surface area (Å²) in [5, 5.41) is 14.9. The highest BCUT2D eigenvalue weighted by molar-refractivity contribution is 7.89. The molecule has 0 bridgehead atoms. The van der Waals surface area contributed by atoms with Gasteiger partial charge in [-0.05, 0) is 92.6 Å². The second kappa shape index (κ2) is 18.1. The first kappa shape index (κ1) is 43.4. The van der Waals surface area contributed by atoms with Crippen LogP contribution in [0.2, 0.25) is 0 Å². The molecule has 0 radical (unpaired) electrons. The number of nitrogen functional groups attached to an aromatic ring is 1. The van der Waals surface area contributed by atoms with Gasteiger partial charge in [0.25, 0.3) is 0 Å². The topological polar surface area (TPSA) is 173 Å². The summed E-state index contributed by atoms with van der Waals surface area (Å²) in [5.41, 5.74) is 7.51. The minimum absolute atomic E-state index is 0.0696. The number of rotatable bonds is 12. The van der Waals surface area contributed by atoms with E-state index in [0.29, 0.717) is 40.7 Å². The maximum absolute atomic E-state index is 14.0. The maximum Gasteiger partial charge on any atom is 0.490 e. The van der Waals surface area contributed by atoms with Crippen molar-refractivity contribution in [1.82, 2.24) is 14.6 Å². The summed E-state index contributed by atoms with van der Waals surface area (Å²) in [6, 6.07) is 17.7. The molecule has 0 saturated carbocycles. The number of anilines is 2.